The molecule has 1 fully saturated rings. The van der Waals surface area contributed by atoms with Crippen LogP contribution < -0.4 is 11.1 Å². The van der Waals surface area contributed by atoms with Crippen molar-refractivity contribution in [2.75, 3.05) is 0 Å². The molecule has 0 bridgehead atoms. The normalized spacial score (nSPS) is 22.8. The van der Waals surface area contributed by atoms with E-state index in [-0.39, 0.29) is 12.1 Å². The van der Waals surface area contributed by atoms with E-state index in [0.29, 0.717) is 0 Å². The monoisotopic (exact) mass is 306 g/mol. The first-order valence-electron chi connectivity index (χ1n) is 8.37. The molecule has 4 heteroatoms. The average molecular weight is 306 g/mol. The van der Waals surface area contributed by atoms with Gasteiger partial charge in [-0.2, -0.15) is 0 Å². The zero-order chi connectivity index (χ0) is 15.8. The molecule has 1 aromatic rings. The molecule has 0 saturated heterocycles. The summed E-state index contributed by atoms with van der Waals surface area (Å²) in [5, 5.41) is 1.01. The Morgan fingerprint density at radius 2 is 1.96 bits per heavy atom. The lowest BCUT2D eigenvalue weighted by molar-refractivity contribution is 0.381. The molecule has 0 unspecified atom stereocenters. The number of hydrogen-bond donors (Lipinski definition) is 1. The van der Waals surface area contributed by atoms with Crippen LogP contribution in [0.25, 0.3) is 22.4 Å². The summed E-state index contributed by atoms with van der Waals surface area (Å²) in [5.74, 6) is 0. The molecule has 1 heterocycles. The SMILES string of the molecule is Cn1c2cc(=N[C@@H]3CCCC[C@@H]3N)ccc-2nc2ccccc21. The van der Waals surface area contributed by atoms with Crippen LogP contribution in [0.3, 0.4) is 0 Å². The predicted octanol–water partition coefficient (Wildman–Crippen LogP) is 2.85. The van der Waals surface area contributed by atoms with Crippen LogP contribution in [0.5, 0.6) is 0 Å². The van der Waals surface area contributed by atoms with Crippen LogP contribution in [0.15, 0.2) is 47.5 Å². The van der Waals surface area contributed by atoms with Crippen molar-refractivity contribution in [3.63, 3.8) is 0 Å². The Labute approximate surface area is 136 Å². The summed E-state index contributed by atoms with van der Waals surface area (Å²) in [6.07, 6.45) is 4.65. The molecule has 0 amide bonds. The molecule has 1 saturated carbocycles. The van der Waals surface area contributed by atoms with Gasteiger partial charge in [0.05, 0.1) is 33.8 Å². The third-order valence-electron chi connectivity index (χ3n) is 4.90. The topological polar surface area (TPSA) is 56.2 Å². The largest absolute Gasteiger partial charge is 0.341 e. The first-order valence-corrected chi connectivity index (χ1v) is 8.37. The molecule has 0 radical (unpaired) electrons. The average Bonchev–Trinajstić information content (AvgIpc) is 2.58. The molecular formula is C19H22N4. The maximum absolute atomic E-state index is 6.23. The lowest BCUT2D eigenvalue weighted by Gasteiger charge is -2.25. The van der Waals surface area contributed by atoms with Crippen molar-refractivity contribution < 1.29 is 0 Å². The van der Waals surface area contributed by atoms with Crippen LogP contribution in [0.1, 0.15) is 25.7 Å². The smallest absolute Gasteiger partial charge is 0.0876 e. The molecule has 2 atom stereocenters. The predicted molar refractivity (Wildman–Crippen MR) is 93.1 cm³/mol. The Hall–Kier alpha value is -2.20. The van der Waals surface area contributed by atoms with E-state index in [1.54, 1.807) is 0 Å². The number of hydrogen-bond acceptors (Lipinski definition) is 3. The molecule has 23 heavy (non-hydrogen) atoms. The van der Waals surface area contributed by atoms with Gasteiger partial charge >= 0.3 is 0 Å². The summed E-state index contributed by atoms with van der Waals surface area (Å²) < 4.78 is 2.19. The molecule has 3 aliphatic rings. The minimum atomic E-state index is 0.197. The highest BCUT2D eigenvalue weighted by Gasteiger charge is 2.20. The second kappa shape index (κ2) is 5.78. The highest BCUT2D eigenvalue weighted by molar-refractivity contribution is 5.80. The van der Waals surface area contributed by atoms with Crippen molar-refractivity contribution >= 4 is 11.0 Å². The molecule has 0 spiro atoms. The molecule has 0 aromatic heterocycles. The van der Waals surface area contributed by atoms with E-state index < -0.39 is 0 Å². The minimum absolute atomic E-state index is 0.197. The van der Waals surface area contributed by atoms with E-state index in [9.17, 15) is 0 Å². The summed E-state index contributed by atoms with van der Waals surface area (Å²) >= 11 is 0. The van der Waals surface area contributed by atoms with Crippen LogP contribution in [0.4, 0.5) is 0 Å². The van der Waals surface area contributed by atoms with E-state index in [1.165, 1.54) is 12.8 Å². The fraction of sp³-hybridized carbons (Fsp3) is 0.368. The standard InChI is InChI=1S/C19H22N4/c1-23-18-9-5-4-8-16(18)22-17-11-10-13(12-19(17)23)21-15-7-3-2-6-14(15)20/h4-5,8-12,14-15H,2-3,6-7,20H2,1H3/t14-,15+/m0/s1. The fourth-order valence-electron chi connectivity index (χ4n) is 3.55. The lowest BCUT2D eigenvalue weighted by Crippen LogP contribution is -2.37. The Balaban J connectivity index is 1.86. The second-order valence-electron chi connectivity index (χ2n) is 6.48. The van der Waals surface area contributed by atoms with Crippen LogP contribution in [-0.2, 0) is 7.05 Å². The van der Waals surface area contributed by atoms with Crippen LogP contribution in [-0.4, -0.2) is 21.6 Å². The van der Waals surface area contributed by atoms with Gasteiger partial charge in [0.15, 0.2) is 0 Å². The van der Waals surface area contributed by atoms with E-state index in [0.717, 1.165) is 40.6 Å². The third kappa shape index (κ3) is 2.63. The second-order valence-corrected chi connectivity index (χ2v) is 6.48. The molecule has 118 valence electrons. The summed E-state index contributed by atoms with van der Waals surface area (Å²) in [7, 11) is 2.09. The Morgan fingerprint density at radius 1 is 1.13 bits per heavy atom. The van der Waals surface area contributed by atoms with Gasteiger partial charge in [-0.3, -0.25) is 4.99 Å². The first-order chi connectivity index (χ1) is 11.2. The maximum atomic E-state index is 6.23. The van der Waals surface area contributed by atoms with Gasteiger partial charge in [-0.05, 0) is 43.2 Å². The summed E-state index contributed by atoms with van der Waals surface area (Å²) in [4.78, 5) is 9.66. The van der Waals surface area contributed by atoms with Crippen LogP contribution in [0.2, 0.25) is 0 Å². The van der Waals surface area contributed by atoms with Crippen molar-refractivity contribution in [1.29, 1.82) is 0 Å². The van der Waals surface area contributed by atoms with Gasteiger partial charge < -0.3 is 10.3 Å². The number of nitrogens with zero attached hydrogens (tertiary/aromatic N) is 3. The van der Waals surface area contributed by atoms with Gasteiger partial charge in [-0.15, -0.1) is 0 Å². The highest BCUT2D eigenvalue weighted by Crippen LogP contribution is 2.23. The number of rotatable bonds is 1. The van der Waals surface area contributed by atoms with Crippen molar-refractivity contribution in [1.82, 2.24) is 9.55 Å². The Kier molecular flexibility index (Phi) is 3.62. The van der Waals surface area contributed by atoms with Crippen LogP contribution >= 0.6 is 0 Å². The van der Waals surface area contributed by atoms with Gasteiger partial charge in [0.25, 0.3) is 0 Å². The summed E-state index contributed by atoms with van der Waals surface area (Å²) in [6, 6.07) is 14.9. The fourth-order valence-corrected chi connectivity index (χ4v) is 3.55. The van der Waals surface area contributed by atoms with Gasteiger partial charge in [-0.1, -0.05) is 25.0 Å². The van der Waals surface area contributed by atoms with Gasteiger partial charge in [-0.25, -0.2) is 4.98 Å². The van der Waals surface area contributed by atoms with E-state index >= 15 is 0 Å². The van der Waals surface area contributed by atoms with E-state index in [4.69, 9.17) is 15.7 Å². The molecule has 2 N–H and O–H groups in total. The Morgan fingerprint density at radius 3 is 2.83 bits per heavy atom. The van der Waals surface area contributed by atoms with Crippen molar-refractivity contribution in [3.8, 4) is 11.4 Å². The van der Waals surface area contributed by atoms with Crippen molar-refractivity contribution in [3.05, 3.63) is 47.8 Å². The molecule has 2 aliphatic carbocycles. The quantitative estimate of drug-likeness (QED) is 0.703. The number of nitrogens with two attached hydrogens (primary N) is 1. The first kappa shape index (κ1) is 14.4. The number of para-hydroxylation sites is 2. The molecule has 1 aliphatic heterocycles. The zero-order valence-electron chi connectivity index (χ0n) is 13.4. The summed E-state index contributed by atoms with van der Waals surface area (Å²) in [5.41, 5.74) is 10.5. The van der Waals surface area contributed by atoms with Crippen molar-refractivity contribution in [2.45, 2.75) is 37.8 Å². The van der Waals surface area contributed by atoms with Gasteiger partial charge in [0, 0.05) is 13.1 Å². The van der Waals surface area contributed by atoms with Crippen molar-refractivity contribution in [2.24, 2.45) is 17.8 Å². The maximum Gasteiger partial charge on any atom is 0.0876 e. The van der Waals surface area contributed by atoms with E-state index in [2.05, 4.69) is 35.9 Å². The highest BCUT2D eigenvalue weighted by atomic mass is 15.0. The molecule has 4 rings (SSSR count). The number of aryl methyl sites for hydroxylation is 1. The number of benzene rings is 2. The third-order valence-corrected chi connectivity index (χ3v) is 4.90. The Bertz CT molecular complexity index is 880. The van der Waals surface area contributed by atoms with Gasteiger partial charge in [0.2, 0.25) is 0 Å². The van der Waals surface area contributed by atoms with Crippen LogP contribution in [0, 0.1) is 0 Å². The summed E-state index contributed by atoms with van der Waals surface area (Å²) in [6.45, 7) is 0. The van der Waals surface area contributed by atoms with Gasteiger partial charge in [0.1, 0.15) is 0 Å². The van der Waals surface area contributed by atoms with E-state index in [1.807, 2.05) is 18.2 Å². The molecular weight excluding hydrogens is 284 g/mol. The zero-order valence-corrected chi connectivity index (χ0v) is 13.4. The lowest BCUT2D eigenvalue weighted by atomic mass is 9.91. The number of aromatic nitrogens is 2. The number of fused-ring (bicyclic) bond motifs is 2. The molecule has 4 nitrogen and oxygen atoms in total. The minimum Gasteiger partial charge on any atom is -0.341 e. The molecule has 1 aromatic carbocycles.